The van der Waals surface area contributed by atoms with E-state index >= 15 is 0 Å². The second-order valence-corrected chi connectivity index (χ2v) is 6.04. The molecule has 0 atom stereocenters. The standard InChI is InChI=1S/C17H13N5O3S/c18-6-10-1-3-12(4-2-10)25-8-15(23)22-17-21-14(9-26-17)11-5-13(16(19)24)20-7-11/h1-5,7,9,20H,8H2,(H2,19,24)(H,21,22,23). The normalized spacial score (nSPS) is 10.1. The third-order valence-corrected chi connectivity index (χ3v) is 4.11. The van der Waals surface area contributed by atoms with E-state index in [1.54, 1.807) is 41.9 Å². The number of amides is 2. The number of benzene rings is 1. The predicted molar refractivity (Wildman–Crippen MR) is 95.7 cm³/mol. The number of rotatable bonds is 6. The third-order valence-electron chi connectivity index (χ3n) is 3.35. The molecule has 9 heteroatoms. The van der Waals surface area contributed by atoms with Crippen LogP contribution >= 0.6 is 11.3 Å². The van der Waals surface area contributed by atoms with Crippen LogP contribution in [0.15, 0.2) is 41.9 Å². The van der Waals surface area contributed by atoms with Crippen LogP contribution in [0.2, 0.25) is 0 Å². The number of hydrogen-bond acceptors (Lipinski definition) is 6. The van der Waals surface area contributed by atoms with Crippen molar-refractivity contribution >= 4 is 28.3 Å². The van der Waals surface area contributed by atoms with Crippen LogP contribution in [0.5, 0.6) is 5.75 Å². The zero-order valence-corrected chi connectivity index (χ0v) is 14.2. The Balaban J connectivity index is 1.56. The Hall–Kier alpha value is -3.64. The minimum absolute atomic E-state index is 0.184. The number of nitrogens with one attached hydrogen (secondary N) is 2. The summed E-state index contributed by atoms with van der Waals surface area (Å²) < 4.78 is 5.36. The molecule has 0 aliphatic rings. The lowest BCUT2D eigenvalue weighted by Gasteiger charge is -2.05. The Morgan fingerprint density at radius 3 is 2.77 bits per heavy atom. The second kappa shape index (κ2) is 7.50. The van der Waals surface area contributed by atoms with Gasteiger partial charge in [0.1, 0.15) is 11.4 Å². The summed E-state index contributed by atoms with van der Waals surface area (Å²) in [6.07, 6.45) is 1.62. The zero-order chi connectivity index (χ0) is 18.5. The quantitative estimate of drug-likeness (QED) is 0.613. The van der Waals surface area contributed by atoms with E-state index in [4.69, 9.17) is 15.7 Å². The molecule has 0 aliphatic heterocycles. The van der Waals surface area contributed by atoms with Crippen molar-refractivity contribution < 1.29 is 14.3 Å². The Kier molecular flexibility index (Phi) is 4.96. The maximum Gasteiger partial charge on any atom is 0.265 e. The summed E-state index contributed by atoms with van der Waals surface area (Å²) in [5.41, 5.74) is 7.31. The number of ether oxygens (including phenoxy) is 1. The van der Waals surface area contributed by atoms with E-state index in [9.17, 15) is 9.59 Å². The lowest BCUT2D eigenvalue weighted by molar-refractivity contribution is -0.118. The van der Waals surface area contributed by atoms with Crippen LogP contribution in [-0.2, 0) is 4.79 Å². The van der Waals surface area contributed by atoms with Gasteiger partial charge in [-0.3, -0.25) is 14.9 Å². The molecule has 130 valence electrons. The average molecular weight is 367 g/mol. The highest BCUT2D eigenvalue weighted by Crippen LogP contribution is 2.25. The van der Waals surface area contributed by atoms with Gasteiger partial charge in [0.15, 0.2) is 11.7 Å². The summed E-state index contributed by atoms with van der Waals surface area (Å²) in [7, 11) is 0. The molecular weight excluding hydrogens is 354 g/mol. The van der Waals surface area contributed by atoms with Gasteiger partial charge in [-0.15, -0.1) is 11.3 Å². The first-order valence-electron chi connectivity index (χ1n) is 7.42. The van der Waals surface area contributed by atoms with Gasteiger partial charge in [-0.05, 0) is 30.3 Å². The molecule has 1 aromatic carbocycles. The van der Waals surface area contributed by atoms with E-state index < -0.39 is 5.91 Å². The van der Waals surface area contributed by atoms with Gasteiger partial charge in [-0.25, -0.2) is 4.98 Å². The Morgan fingerprint density at radius 2 is 2.12 bits per heavy atom. The predicted octanol–water partition coefficient (Wildman–Crippen LogP) is 2.13. The summed E-state index contributed by atoms with van der Waals surface area (Å²) in [5, 5.41) is 13.5. The lowest BCUT2D eigenvalue weighted by Crippen LogP contribution is -2.20. The SMILES string of the molecule is N#Cc1ccc(OCC(=O)Nc2nc(-c3c[nH]c(C(N)=O)c3)cs2)cc1. The summed E-state index contributed by atoms with van der Waals surface area (Å²) in [6.45, 7) is -0.184. The van der Waals surface area contributed by atoms with Crippen molar-refractivity contribution in [3.63, 3.8) is 0 Å². The molecule has 0 saturated heterocycles. The van der Waals surface area contributed by atoms with E-state index in [1.807, 2.05) is 6.07 Å². The first-order chi connectivity index (χ1) is 12.5. The molecule has 2 aromatic heterocycles. The molecule has 26 heavy (non-hydrogen) atoms. The number of hydrogen-bond donors (Lipinski definition) is 3. The van der Waals surface area contributed by atoms with Gasteiger partial charge in [0.05, 0.1) is 17.3 Å². The maximum absolute atomic E-state index is 12.0. The van der Waals surface area contributed by atoms with Crippen LogP contribution in [-0.4, -0.2) is 28.4 Å². The number of primary amides is 1. The Bertz CT molecular complexity index is 984. The van der Waals surface area contributed by atoms with Gasteiger partial charge in [0, 0.05) is 17.1 Å². The lowest BCUT2D eigenvalue weighted by atomic mass is 10.2. The minimum Gasteiger partial charge on any atom is -0.484 e. The van der Waals surface area contributed by atoms with Crippen molar-refractivity contribution in [1.82, 2.24) is 9.97 Å². The highest BCUT2D eigenvalue weighted by Gasteiger charge is 2.11. The second-order valence-electron chi connectivity index (χ2n) is 5.18. The van der Waals surface area contributed by atoms with Gasteiger partial charge >= 0.3 is 0 Å². The monoisotopic (exact) mass is 367 g/mol. The largest absolute Gasteiger partial charge is 0.484 e. The van der Waals surface area contributed by atoms with Crippen LogP contribution in [0.1, 0.15) is 16.1 Å². The first kappa shape index (κ1) is 17.2. The molecule has 4 N–H and O–H groups in total. The van der Waals surface area contributed by atoms with Gasteiger partial charge in [0.25, 0.3) is 11.8 Å². The molecule has 3 rings (SSSR count). The van der Waals surface area contributed by atoms with E-state index in [0.29, 0.717) is 27.7 Å². The van der Waals surface area contributed by atoms with Crippen LogP contribution < -0.4 is 15.8 Å². The Labute approximate surface area is 152 Å². The van der Waals surface area contributed by atoms with Crippen molar-refractivity contribution in [3.8, 4) is 23.1 Å². The van der Waals surface area contributed by atoms with Gasteiger partial charge < -0.3 is 15.5 Å². The molecule has 0 bridgehead atoms. The van der Waals surface area contributed by atoms with Gasteiger partial charge in [-0.1, -0.05) is 0 Å². The molecule has 0 radical (unpaired) electrons. The van der Waals surface area contributed by atoms with E-state index in [0.717, 1.165) is 0 Å². The molecule has 0 aliphatic carbocycles. The summed E-state index contributed by atoms with van der Waals surface area (Å²) in [6, 6.07) is 10.1. The summed E-state index contributed by atoms with van der Waals surface area (Å²) in [4.78, 5) is 30.1. The highest BCUT2D eigenvalue weighted by molar-refractivity contribution is 7.14. The number of H-pyrrole nitrogens is 1. The van der Waals surface area contributed by atoms with E-state index in [1.165, 1.54) is 11.3 Å². The number of anilines is 1. The molecular formula is C17H13N5O3S. The highest BCUT2D eigenvalue weighted by atomic mass is 32.1. The fourth-order valence-corrected chi connectivity index (χ4v) is 2.81. The van der Waals surface area contributed by atoms with Crippen LogP contribution in [0, 0.1) is 11.3 Å². The number of aromatic nitrogens is 2. The molecule has 3 aromatic rings. The molecule has 0 saturated carbocycles. The Morgan fingerprint density at radius 1 is 1.35 bits per heavy atom. The molecule has 0 spiro atoms. The van der Waals surface area contributed by atoms with Crippen molar-refractivity contribution in [2.24, 2.45) is 5.73 Å². The first-order valence-corrected chi connectivity index (χ1v) is 8.30. The number of thiazole rings is 1. The molecule has 2 amide bonds. The summed E-state index contributed by atoms with van der Waals surface area (Å²) in [5.74, 6) is -0.424. The molecule has 2 heterocycles. The topological polar surface area (TPSA) is 134 Å². The van der Waals surface area contributed by atoms with E-state index in [2.05, 4.69) is 15.3 Å². The third kappa shape index (κ3) is 4.06. The van der Waals surface area contributed by atoms with Crippen molar-refractivity contribution in [2.45, 2.75) is 0 Å². The van der Waals surface area contributed by atoms with Gasteiger partial charge in [0.2, 0.25) is 0 Å². The number of nitrogens with zero attached hydrogens (tertiary/aromatic N) is 2. The van der Waals surface area contributed by atoms with Crippen LogP contribution in [0.25, 0.3) is 11.3 Å². The maximum atomic E-state index is 12.0. The zero-order valence-electron chi connectivity index (χ0n) is 13.4. The minimum atomic E-state index is -0.556. The molecule has 8 nitrogen and oxygen atoms in total. The molecule has 0 fully saturated rings. The van der Waals surface area contributed by atoms with Crippen LogP contribution in [0.4, 0.5) is 5.13 Å². The van der Waals surface area contributed by atoms with Crippen molar-refractivity contribution in [3.05, 3.63) is 53.2 Å². The number of nitriles is 1. The fourth-order valence-electron chi connectivity index (χ4n) is 2.08. The van der Waals surface area contributed by atoms with E-state index in [-0.39, 0.29) is 18.2 Å². The van der Waals surface area contributed by atoms with Crippen LogP contribution in [0.3, 0.4) is 0 Å². The number of aromatic amines is 1. The fraction of sp³-hybridized carbons (Fsp3) is 0.0588. The summed E-state index contributed by atoms with van der Waals surface area (Å²) >= 11 is 1.25. The average Bonchev–Trinajstić information content (AvgIpc) is 3.29. The molecule has 0 unspecified atom stereocenters. The number of carbonyl (C=O) groups excluding carboxylic acids is 2. The van der Waals surface area contributed by atoms with Crippen molar-refractivity contribution in [1.29, 1.82) is 5.26 Å². The number of nitrogens with two attached hydrogens (primary N) is 1. The van der Waals surface area contributed by atoms with Gasteiger partial charge in [-0.2, -0.15) is 5.26 Å². The number of carbonyl (C=O) groups is 2. The van der Waals surface area contributed by atoms with Crippen molar-refractivity contribution in [2.75, 3.05) is 11.9 Å². The smallest absolute Gasteiger partial charge is 0.265 e.